The van der Waals surface area contributed by atoms with Crippen molar-refractivity contribution in [3.63, 3.8) is 0 Å². The highest BCUT2D eigenvalue weighted by Crippen LogP contribution is 2.35. The molecule has 0 spiro atoms. The summed E-state index contributed by atoms with van der Waals surface area (Å²) in [6.07, 6.45) is 1.56. The molecule has 0 aliphatic carbocycles. The summed E-state index contributed by atoms with van der Waals surface area (Å²) in [5.41, 5.74) is 6.73. The fraction of sp³-hybridized carbons (Fsp3) is 0.250. The fourth-order valence-electron chi connectivity index (χ4n) is 4.34. The number of carbonyl (C=O) groups excluding carboxylic acids is 1. The number of aromatic nitrogens is 2. The molecule has 1 N–H and O–H groups in total. The monoisotopic (exact) mass is 385 g/mol. The molecular formula is C24H23N3O2. The number of H-pyrrole nitrogens is 1. The molecule has 0 saturated heterocycles. The van der Waals surface area contributed by atoms with E-state index in [0.717, 1.165) is 47.6 Å². The van der Waals surface area contributed by atoms with Crippen molar-refractivity contribution in [1.82, 2.24) is 14.9 Å². The zero-order valence-corrected chi connectivity index (χ0v) is 16.7. The number of pyridine rings is 1. The van der Waals surface area contributed by atoms with E-state index < -0.39 is 0 Å². The first-order valence-electron chi connectivity index (χ1n) is 9.93. The predicted molar refractivity (Wildman–Crippen MR) is 114 cm³/mol. The Bertz CT molecular complexity index is 1220. The molecule has 4 aromatic rings. The Kier molecular flexibility index (Phi) is 4.23. The Morgan fingerprint density at radius 1 is 1.17 bits per heavy atom. The molecule has 0 fully saturated rings. The number of methoxy groups -OCH3 is 1. The summed E-state index contributed by atoms with van der Waals surface area (Å²) >= 11 is 0. The van der Waals surface area contributed by atoms with Crippen LogP contribution in [-0.2, 0) is 24.2 Å². The Morgan fingerprint density at radius 2 is 1.97 bits per heavy atom. The zero-order chi connectivity index (χ0) is 20.0. The molecule has 29 heavy (non-hydrogen) atoms. The number of benzene rings is 2. The molecule has 1 aliphatic rings. The minimum absolute atomic E-state index is 0.105. The summed E-state index contributed by atoms with van der Waals surface area (Å²) in [4.78, 5) is 22.5. The van der Waals surface area contributed by atoms with Crippen LogP contribution in [0, 0.1) is 0 Å². The first-order chi connectivity index (χ1) is 14.1. The number of hydrogen-bond acceptors (Lipinski definition) is 3. The van der Waals surface area contributed by atoms with Crippen molar-refractivity contribution >= 4 is 27.7 Å². The van der Waals surface area contributed by atoms with Gasteiger partial charge in [-0.3, -0.25) is 9.78 Å². The van der Waals surface area contributed by atoms with Gasteiger partial charge in [0.05, 0.1) is 30.6 Å². The Morgan fingerprint density at radius 3 is 2.72 bits per heavy atom. The molecule has 0 radical (unpaired) electrons. The minimum Gasteiger partial charge on any atom is -0.497 e. The number of aromatic amines is 1. The summed E-state index contributed by atoms with van der Waals surface area (Å²) in [7, 11) is 1.68. The fourth-order valence-corrected chi connectivity index (χ4v) is 4.34. The van der Waals surface area contributed by atoms with Gasteiger partial charge in [-0.15, -0.1) is 0 Å². The molecule has 146 valence electrons. The van der Waals surface area contributed by atoms with Crippen LogP contribution in [0.4, 0.5) is 0 Å². The van der Waals surface area contributed by atoms with Gasteiger partial charge in [0.2, 0.25) is 5.91 Å². The third-order valence-corrected chi connectivity index (χ3v) is 5.86. The maximum absolute atomic E-state index is 12.0. The van der Waals surface area contributed by atoms with Gasteiger partial charge < -0.3 is 14.6 Å². The molecular weight excluding hydrogens is 362 g/mol. The van der Waals surface area contributed by atoms with Crippen molar-refractivity contribution in [2.24, 2.45) is 0 Å². The van der Waals surface area contributed by atoms with E-state index in [4.69, 9.17) is 9.72 Å². The Balaban J connectivity index is 1.69. The molecule has 5 heteroatoms. The predicted octanol–water partition coefficient (Wildman–Crippen LogP) is 4.22. The van der Waals surface area contributed by atoms with E-state index in [2.05, 4.69) is 41.4 Å². The van der Waals surface area contributed by atoms with Crippen molar-refractivity contribution in [2.45, 2.75) is 26.3 Å². The van der Waals surface area contributed by atoms with Gasteiger partial charge in [0.15, 0.2) is 0 Å². The topological polar surface area (TPSA) is 58.2 Å². The van der Waals surface area contributed by atoms with E-state index in [1.54, 1.807) is 14.0 Å². The van der Waals surface area contributed by atoms with E-state index in [1.165, 1.54) is 21.9 Å². The van der Waals surface area contributed by atoms with Gasteiger partial charge >= 0.3 is 0 Å². The average Bonchev–Trinajstić information content (AvgIpc) is 3.14. The van der Waals surface area contributed by atoms with E-state index in [1.807, 2.05) is 17.0 Å². The van der Waals surface area contributed by atoms with E-state index in [0.29, 0.717) is 6.54 Å². The number of ether oxygens (including phenoxy) is 1. The first kappa shape index (κ1) is 17.7. The highest BCUT2D eigenvalue weighted by molar-refractivity contribution is 6.10. The van der Waals surface area contributed by atoms with Gasteiger partial charge in [0, 0.05) is 36.2 Å². The van der Waals surface area contributed by atoms with Gasteiger partial charge in [-0.1, -0.05) is 30.3 Å². The number of hydrogen-bond donors (Lipinski definition) is 1. The number of amides is 1. The lowest BCUT2D eigenvalue weighted by atomic mass is 9.96. The largest absolute Gasteiger partial charge is 0.497 e. The third-order valence-electron chi connectivity index (χ3n) is 5.86. The number of para-hydroxylation sites is 1. The average molecular weight is 385 g/mol. The molecule has 1 aliphatic heterocycles. The Hall–Kier alpha value is -3.34. The standard InChI is InChI=1S/C24H23N3O2/c1-15(28)27-12-11-19-22(14-27)25-21(13-16-7-9-17(29-2)10-8-16)24-23(19)18-5-3-4-6-20(18)26-24/h3-10,26H,11-14H2,1-2H3. The number of nitrogens with zero attached hydrogens (tertiary/aromatic N) is 2. The number of fused-ring (bicyclic) bond motifs is 5. The maximum atomic E-state index is 12.0. The van der Waals surface area contributed by atoms with E-state index in [9.17, 15) is 4.79 Å². The molecule has 0 atom stereocenters. The Labute approximate surface area is 169 Å². The van der Waals surface area contributed by atoms with Crippen LogP contribution in [0.15, 0.2) is 48.5 Å². The summed E-state index contributed by atoms with van der Waals surface area (Å²) in [5, 5.41) is 2.49. The SMILES string of the molecule is COc1ccc(Cc2nc3c(c4c2[nH]c2ccccc24)CCN(C(C)=O)C3)cc1. The molecule has 0 unspecified atom stereocenters. The second kappa shape index (κ2) is 6.92. The summed E-state index contributed by atoms with van der Waals surface area (Å²) in [5.74, 6) is 0.952. The summed E-state index contributed by atoms with van der Waals surface area (Å²) < 4.78 is 5.28. The highest BCUT2D eigenvalue weighted by Gasteiger charge is 2.25. The van der Waals surface area contributed by atoms with E-state index in [-0.39, 0.29) is 5.91 Å². The van der Waals surface area contributed by atoms with Crippen LogP contribution < -0.4 is 4.74 Å². The maximum Gasteiger partial charge on any atom is 0.219 e. The smallest absolute Gasteiger partial charge is 0.219 e. The van der Waals surface area contributed by atoms with Crippen LogP contribution in [-0.4, -0.2) is 34.4 Å². The van der Waals surface area contributed by atoms with Crippen LogP contribution in [0.3, 0.4) is 0 Å². The second-order valence-corrected chi connectivity index (χ2v) is 7.62. The van der Waals surface area contributed by atoms with Crippen LogP contribution in [0.5, 0.6) is 5.75 Å². The third kappa shape index (κ3) is 3.03. The van der Waals surface area contributed by atoms with Gasteiger partial charge in [-0.2, -0.15) is 0 Å². The van der Waals surface area contributed by atoms with Crippen molar-refractivity contribution in [2.75, 3.05) is 13.7 Å². The van der Waals surface area contributed by atoms with Gasteiger partial charge in [0.1, 0.15) is 5.75 Å². The van der Waals surface area contributed by atoms with Gasteiger partial charge in [-0.25, -0.2) is 0 Å². The van der Waals surface area contributed by atoms with Crippen LogP contribution >= 0.6 is 0 Å². The molecule has 1 amide bonds. The van der Waals surface area contributed by atoms with Crippen molar-refractivity contribution in [3.05, 3.63) is 71.0 Å². The van der Waals surface area contributed by atoms with Crippen molar-refractivity contribution in [3.8, 4) is 5.75 Å². The molecule has 3 heterocycles. The lowest BCUT2D eigenvalue weighted by Gasteiger charge is -2.28. The second-order valence-electron chi connectivity index (χ2n) is 7.62. The molecule has 0 saturated carbocycles. The summed E-state index contributed by atoms with van der Waals surface area (Å²) in [6, 6.07) is 16.5. The lowest BCUT2D eigenvalue weighted by molar-refractivity contribution is -0.129. The highest BCUT2D eigenvalue weighted by atomic mass is 16.5. The van der Waals surface area contributed by atoms with Crippen molar-refractivity contribution in [1.29, 1.82) is 0 Å². The molecule has 5 rings (SSSR count). The summed E-state index contributed by atoms with van der Waals surface area (Å²) in [6.45, 7) is 2.96. The van der Waals surface area contributed by atoms with Crippen LogP contribution in [0.1, 0.15) is 29.4 Å². The molecule has 2 aromatic carbocycles. The van der Waals surface area contributed by atoms with Crippen LogP contribution in [0.25, 0.3) is 21.8 Å². The molecule has 0 bridgehead atoms. The number of carbonyl (C=O) groups is 1. The lowest BCUT2D eigenvalue weighted by Crippen LogP contribution is -2.35. The normalized spacial score (nSPS) is 13.7. The zero-order valence-electron chi connectivity index (χ0n) is 16.7. The minimum atomic E-state index is 0.105. The van der Waals surface area contributed by atoms with Gasteiger partial charge in [0.25, 0.3) is 0 Å². The van der Waals surface area contributed by atoms with Crippen molar-refractivity contribution < 1.29 is 9.53 Å². The molecule has 5 nitrogen and oxygen atoms in total. The van der Waals surface area contributed by atoms with E-state index >= 15 is 0 Å². The quantitative estimate of drug-likeness (QED) is 0.574. The number of rotatable bonds is 3. The van der Waals surface area contributed by atoms with Gasteiger partial charge in [-0.05, 0) is 35.7 Å². The first-order valence-corrected chi connectivity index (χ1v) is 9.93. The number of nitrogens with one attached hydrogen (secondary N) is 1. The van der Waals surface area contributed by atoms with Crippen LogP contribution in [0.2, 0.25) is 0 Å². The molecule has 2 aromatic heterocycles.